The Hall–Kier alpha value is -5.71. The number of ether oxygens (including phenoxy) is 3. The zero-order valence-corrected chi connectivity index (χ0v) is 22.6. The van der Waals surface area contributed by atoms with Crippen LogP contribution in [-0.2, 0) is 0 Å². The van der Waals surface area contributed by atoms with Gasteiger partial charge in [0.05, 0.1) is 26.9 Å². The van der Waals surface area contributed by atoms with Crippen molar-refractivity contribution in [2.75, 3.05) is 37.3 Å². The molecule has 0 bridgehead atoms. The van der Waals surface area contributed by atoms with Gasteiger partial charge in [0, 0.05) is 41.0 Å². The molecule has 0 aliphatic heterocycles. The van der Waals surface area contributed by atoms with E-state index in [0.29, 0.717) is 63.0 Å². The minimum Gasteiger partial charge on any atom is -0.493 e. The lowest BCUT2D eigenvalue weighted by atomic mass is 10.1. The van der Waals surface area contributed by atoms with E-state index in [9.17, 15) is 4.79 Å². The quantitative estimate of drug-likeness (QED) is 0.199. The predicted molar refractivity (Wildman–Crippen MR) is 157 cm³/mol. The number of aromatic nitrogens is 4. The van der Waals surface area contributed by atoms with E-state index in [-0.39, 0.29) is 5.91 Å². The van der Waals surface area contributed by atoms with E-state index < -0.39 is 0 Å². The first-order chi connectivity index (χ1) is 20.1. The molecule has 0 spiro atoms. The summed E-state index contributed by atoms with van der Waals surface area (Å²) in [5.41, 5.74) is 3.16. The highest BCUT2D eigenvalue weighted by Gasteiger charge is 2.16. The monoisotopic (exact) mass is 549 g/mol. The minimum atomic E-state index is -0.221. The third-order valence-corrected chi connectivity index (χ3v) is 5.96. The molecule has 0 saturated carbocycles. The van der Waals surface area contributed by atoms with E-state index in [1.54, 1.807) is 63.9 Å². The van der Waals surface area contributed by atoms with Crippen molar-refractivity contribution in [3.63, 3.8) is 0 Å². The van der Waals surface area contributed by atoms with E-state index >= 15 is 0 Å². The maximum Gasteiger partial charge on any atom is 0.255 e. The number of nitrogens with zero attached hydrogens (tertiary/aromatic N) is 4. The molecule has 5 rings (SSSR count). The standard InChI is InChI=1S/C30H27N7O4/c1-39-24-16-22(17-25(40-2)26(24)41-3)36-30-33-18-32-28(37-30)23-13-8-14-31-27(23)34-21-12-7-9-19(15-21)29(38)35-20-10-5-4-6-11-20/h4-18H,1-3H3,(H,31,34)(H,35,38)(H,32,33,36,37). The van der Waals surface area contributed by atoms with Gasteiger partial charge in [-0.2, -0.15) is 4.98 Å². The Kier molecular flexibility index (Phi) is 8.15. The number of hydrogen-bond acceptors (Lipinski definition) is 10. The van der Waals surface area contributed by atoms with Gasteiger partial charge < -0.3 is 30.2 Å². The van der Waals surface area contributed by atoms with Crippen LogP contribution in [0.1, 0.15) is 10.4 Å². The number of anilines is 5. The number of methoxy groups -OCH3 is 3. The second-order valence-corrected chi connectivity index (χ2v) is 8.60. The Morgan fingerprint density at radius 3 is 2.20 bits per heavy atom. The fourth-order valence-electron chi connectivity index (χ4n) is 4.05. The predicted octanol–water partition coefficient (Wildman–Crippen LogP) is 5.70. The van der Waals surface area contributed by atoms with Crippen LogP contribution in [0.15, 0.2) is 91.4 Å². The molecule has 5 aromatic rings. The average Bonchev–Trinajstić information content (AvgIpc) is 3.01. The van der Waals surface area contributed by atoms with E-state index in [1.807, 2.05) is 42.5 Å². The van der Waals surface area contributed by atoms with Crippen molar-refractivity contribution in [3.05, 3.63) is 97.0 Å². The normalized spacial score (nSPS) is 10.4. The highest BCUT2D eigenvalue weighted by atomic mass is 16.5. The molecule has 0 aliphatic carbocycles. The lowest BCUT2D eigenvalue weighted by molar-refractivity contribution is 0.102. The van der Waals surface area contributed by atoms with Crippen LogP contribution in [0.2, 0.25) is 0 Å². The van der Waals surface area contributed by atoms with Gasteiger partial charge in [-0.1, -0.05) is 24.3 Å². The second-order valence-electron chi connectivity index (χ2n) is 8.60. The van der Waals surface area contributed by atoms with Crippen molar-refractivity contribution in [2.45, 2.75) is 0 Å². The fraction of sp³-hybridized carbons (Fsp3) is 0.100. The molecule has 0 radical (unpaired) electrons. The molecule has 2 aromatic heterocycles. The molecule has 3 N–H and O–H groups in total. The van der Waals surface area contributed by atoms with Crippen LogP contribution in [0.25, 0.3) is 11.4 Å². The molecule has 3 aromatic carbocycles. The summed E-state index contributed by atoms with van der Waals surface area (Å²) in [4.78, 5) is 30.5. The number of amides is 1. The van der Waals surface area contributed by atoms with Crippen LogP contribution < -0.4 is 30.2 Å². The molecule has 206 valence electrons. The summed E-state index contributed by atoms with van der Waals surface area (Å²) in [5, 5.41) is 9.34. The average molecular weight is 550 g/mol. The molecular formula is C30H27N7O4. The molecule has 0 aliphatic rings. The number of carbonyl (C=O) groups is 1. The van der Waals surface area contributed by atoms with Gasteiger partial charge in [-0.15, -0.1) is 0 Å². The Bertz CT molecular complexity index is 1640. The van der Waals surface area contributed by atoms with Crippen LogP contribution in [0, 0.1) is 0 Å². The van der Waals surface area contributed by atoms with Gasteiger partial charge in [0.1, 0.15) is 12.1 Å². The number of rotatable bonds is 10. The third-order valence-electron chi connectivity index (χ3n) is 5.96. The zero-order valence-electron chi connectivity index (χ0n) is 22.6. The number of carbonyl (C=O) groups excluding carboxylic acids is 1. The molecule has 0 saturated heterocycles. The first-order valence-corrected chi connectivity index (χ1v) is 12.5. The Balaban J connectivity index is 1.38. The fourth-order valence-corrected chi connectivity index (χ4v) is 4.05. The van der Waals surface area contributed by atoms with Gasteiger partial charge in [-0.25, -0.2) is 15.0 Å². The van der Waals surface area contributed by atoms with Crippen LogP contribution in [-0.4, -0.2) is 47.2 Å². The van der Waals surface area contributed by atoms with E-state index in [2.05, 4.69) is 35.9 Å². The Morgan fingerprint density at radius 1 is 0.707 bits per heavy atom. The number of pyridine rings is 1. The van der Waals surface area contributed by atoms with Crippen molar-refractivity contribution in [2.24, 2.45) is 0 Å². The van der Waals surface area contributed by atoms with Gasteiger partial charge >= 0.3 is 0 Å². The van der Waals surface area contributed by atoms with Crippen LogP contribution in [0.5, 0.6) is 17.2 Å². The summed E-state index contributed by atoms with van der Waals surface area (Å²) < 4.78 is 16.3. The number of nitrogens with one attached hydrogen (secondary N) is 3. The topological polar surface area (TPSA) is 132 Å². The molecule has 41 heavy (non-hydrogen) atoms. The smallest absolute Gasteiger partial charge is 0.255 e. The SMILES string of the molecule is COc1cc(Nc2ncnc(-c3cccnc3Nc3cccc(C(=O)Nc4ccccc4)c3)n2)cc(OC)c1OC. The maximum atomic E-state index is 12.8. The molecule has 11 heteroatoms. The molecule has 1 amide bonds. The van der Waals surface area contributed by atoms with Gasteiger partial charge in [0.25, 0.3) is 5.91 Å². The summed E-state index contributed by atoms with van der Waals surface area (Å²) in [7, 11) is 4.63. The number of hydrogen-bond donors (Lipinski definition) is 3. The van der Waals surface area contributed by atoms with Crippen molar-refractivity contribution >= 4 is 34.7 Å². The Morgan fingerprint density at radius 2 is 1.46 bits per heavy atom. The molecule has 2 heterocycles. The molecule has 0 unspecified atom stereocenters. The van der Waals surface area contributed by atoms with Gasteiger partial charge in [-0.05, 0) is 42.5 Å². The largest absolute Gasteiger partial charge is 0.493 e. The van der Waals surface area contributed by atoms with Crippen molar-refractivity contribution in [1.29, 1.82) is 0 Å². The molecule has 11 nitrogen and oxygen atoms in total. The summed E-state index contributed by atoms with van der Waals surface area (Å²) in [6, 6.07) is 23.6. The second kappa shape index (κ2) is 12.4. The van der Waals surface area contributed by atoms with Gasteiger partial charge in [-0.3, -0.25) is 4.79 Å². The van der Waals surface area contributed by atoms with Crippen LogP contribution in [0.3, 0.4) is 0 Å². The lowest BCUT2D eigenvalue weighted by Gasteiger charge is -2.15. The highest BCUT2D eigenvalue weighted by Crippen LogP contribution is 2.40. The van der Waals surface area contributed by atoms with Gasteiger partial charge in [0.2, 0.25) is 11.7 Å². The van der Waals surface area contributed by atoms with Crippen molar-refractivity contribution in [1.82, 2.24) is 19.9 Å². The van der Waals surface area contributed by atoms with E-state index in [1.165, 1.54) is 6.33 Å². The van der Waals surface area contributed by atoms with Crippen molar-refractivity contribution < 1.29 is 19.0 Å². The first-order valence-electron chi connectivity index (χ1n) is 12.5. The van der Waals surface area contributed by atoms with Crippen LogP contribution in [0.4, 0.5) is 28.8 Å². The third kappa shape index (κ3) is 6.31. The van der Waals surface area contributed by atoms with Crippen molar-refractivity contribution in [3.8, 4) is 28.6 Å². The molecule has 0 fully saturated rings. The summed E-state index contributed by atoms with van der Waals surface area (Å²) >= 11 is 0. The summed E-state index contributed by atoms with van der Waals surface area (Å²) in [6.07, 6.45) is 3.07. The number of benzene rings is 3. The first kappa shape index (κ1) is 26.9. The van der Waals surface area contributed by atoms with E-state index in [0.717, 1.165) is 0 Å². The lowest BCUT2D eigenvalue weighted by Crippen LogP contribution is -2.12. The zero-order chi connectivity index (χ0) is 28.6. The highest BCUT2D eigenvalue weighted by molar-refractivity contribution is 6.04. The number of para-hydroxylation sites is 1. The molecular weight excluding hydrogens is 522 g/mol. The van der Waals surface area contributed by atoms with E-state index in [4.69, 9.17) is 14.2 Å². The minimum absolute atomic E-state index is 0.221. The summed E-state index contributed by atoms with van der Waals surface area (Å²) in [5.74, 6) is 2.44. The Labute approximate surface area is 236 Å². The van der Waals surface area contributed by atoms with Crippen LogP contribution >= 0.6 is 0 Å². The molecule has 0 atom stereocenters. The maximum absolute atomic E-state index is 12.8. The van der Waals surface area contributed by atoms with Gasteiger partial charge in [0.15, 0.2) is 17.3 Å². The summed E-state index contributed by atoms with van der Waals surface area (Å²) in [6.45, 7) is 0.